The number of hydrogen-bond acceptors (Lipinski definition) is 3. The van der Waals surface area contributed by atoms with Gasteiger partial charge in [0.15, 0.2) is 17.4 Å². The molecule has 0 N–H and O–H groups in total. The molecule has 5 heteroatoms. The standard InChI is InChI=1S/C5H16OSi2.C4H6O2/c1-7(2)6-8(3,4)5;1-3-4(5)6-2/h7H,1-5H3;3H,1H2,2H3. The second kappa shape index (κ2) is 7.96. The van der Waals surface area contributed by atoms with E-state index in [0.29, 0.717) is 0 Å². The topological polar surface area (TPSA) is 35.5 Å². The van der Waals surface area contributed by atoms with Crippen LogP contribution in [0.15, 0.2) is 12.7 Å². The van der Waals surface area contributed by atoms with Gasteiger partial charge >= 0.3 is 5.97 Å². The zero-order valence-corrected chi connectivity index (χ0v) is 12.2. The quantitative estimate of drug-likeness (QED) is 0.426. The van der Waals surface area contributed by atoms with Gasteiger partial charge in [0.25, 0.3) is 0 Å². The number of rotatable bonds is 3. The van der Waals surface area contributed by atoms with E-state index in [2.05, 4.69) is 44.1 Å². The fraction of sp³-hybridized carbons (Fsp3) is 0.667. The molecular formula is C9H22O3Si2. The molecule has 0 aliphatic heterocycles. The van der Waals surface area contributed by atoms with E-state index >= 15 is 0 Å². The Morgan fingerprint density at radius 1 is 1.36 bits per heavy atom. The zero-order valence-electron chi connectivity index (χ0n) is 10.1. The molecule has 0 spiro atoms. The van der Waals surface area contributed by atoms with Gasteiger partial charge in [0.2, 0.25) is 0 Å². The van der Waals surface area contributed by atoms with Crippen molar-refractivity contribution in [1.29, 1.82) is 0 Å². The summed E-state index contributed by atoms with van der Waals surface area (Å²) in [6.07, 6.45) is 1.11. The minimum Gasteiger partial charge on any atom is -0.466 e. The third kappa shape index (κ3) is 17.6. The van der Waals surface area contributed by atoms with Gasteiger partial charge in [0.05, 0.1) is 7.11 Å². The Hall–Kier alpha value is -0.396. The molecule has 0 rings (SSSR count). The summed E-state index contributed by atoms with van der Waals surface area (Å²) in [4.78, 5) is 9.84. The van der Waals surface area contributed by atoms with Crippen LogP contribution >= 0.6 is 0 Å². The minimum atomic E-state index is -1.16. The molecule has 3 nitrogen and oxygen atoms in total. The lowest BCUT2D eigenvalue weighted by Gasteiger charge is -2.19. The second-order valence-electron chi connectivity index (χ2n) is 4.01. The molecule has 0 aliphatic rings. The number of ether oxygens (including phenoxy) is 1. The Morgan fingerprint density at radius 2 is 1.79 bits per heavy atom. The molecule has 0 heterocycles. The molecule has 0 saturated heterocycles. The lowest BCUT2D eigenvalue weighted by atomic mass is 10.7. The SMILES string of the molecule is C=CC(=O)OC.C[SiH](C)O[Si](C)(C)C. The van der Waals surface area contributed by atoms with E-state index in [4.69, 9.17) is 4.12 Å². The number of methoxy groups -OCH3 is 1. The van der Waals surface area contributed by atoms with Crippen molar-refractivity contribution in [2.75, 3.05) is 7.11 Å². The molecule has 0 unspecified atom stereocenters. The molecule has 0 aromatic rings. The van der Waals surface area contributed by atoms with Crippen LogP contribution in [0.1, 0.15) is 0 Å². The smallest absolute Gasteiger partial charge is 0.329 e. The number of carbonyl (C=O) groups is 1. The second-order valence-corrected chi connectivity index (χ2v) is 11.3. The van der Waals surface area contributed by atoms with E-state index in [1.54, 1.807) is 0 Å². The molecule has 0 saturated carbocycles. The molecule has 0 fully saturated rings. The van der Waals surface area contributed by atoms with Gasteiger partial charge in [-0.1, -0.05) is 6.58 Å². The van der Waals surface area contributed by atoms with Crippen LogP contribution in [0.5, 0.6) is 0 Å². The number of esters is 1. The monoisotopic (exact) mass is 234 g/mol. The Kier molecular flexibility index (Phi) is 9.12. The predicted octanol–water partition coefficient (Wildman–Crippen LogP) is 2.17. The van der Waals surface area contributed by atoms with E-state index in [1.165, 1.54) is 7.11 Å². The first-order valence-electron chi connectivity index (χ1n) is 4.61. The van der Waals surface area contributed by atoms with Gasteiger partial charge in [0, 0.05) is 6.08 Å². The Balaban J connectivity index is 0. The van der Waals surface area contributed by atoms with Crippen LogP contribution < -0.4 is 0 Å². The molecule has 0 amide bonds. The van der Waals surface area contributed by atoms with Crippen molar-refractivity contribution in [1.82, 2.24) is 0 Å². The molecular weight excluding hydrogens is 212 g/mol. The van der Waals surface area contributed by atoms with Crippen LogP contribution in [0.2, 0.25) is 32.7 Å². The third-order valence-corrected chi connectivity index (χ3v) is 5.67. The van der Waals surface area contributed by atoms with Crippen LogP contribution in [0, 0.1) is 0 Å². The van der Waals surface area contributed by atoms with Gasteiger partial charge in [-0.25, -0.2) is 4.79 Å². The van der Waals surface area contributed by atoms with Crippen LogP contribution in [0.4, 0.5) is 0 Å². The number of carbonyl (C=O) groups excluding carboxylic acids is 1. The fourth-order valence-corrected chi connectivity index (χ4v) is 6.45. The summed E-state index contributed by atoms with van der Waals surface area (Å²) in [5.74, 6) is -0.394. The van der Waals surface area contributed by atoms with Crippen LogP contribution in [-0.4, -0.2) is 30.4 Å². The van der Waals surface area contributed by atoms with Crippen molar-refractivity contribution in [2.45, 2.75) is 32.7 Å². The average molecular weight is 234 g/mol. The fourth-order valence-electron chi connectivity index (χ4n) is 0.790. The highest BCUT2D eigenvalue weighted by Crippen LogP contribution is 2.03. The zero-order chi connectivity index (χ0) is 11.8. The molecule has 0 aliphatic carbocycles. The van der Waals surface area contributed by atoms with Crippen LogP contribution in [-0.2, 0) is 13.6 Å². The summed E-state index contributed by atoms with van der Waals surface area (Å²) >= 11 is 0. The van der Waals surface area contributed by atoms with Crippen molar-refractivity contribution >= 4 is 23.3 Å². The van der Waals surface area contributed by atoms with Crippen LogP contribution in [0.3, 0.4) is 0 Å². The minimum absolute atomic E-state index is 0.394. The van der Waals surface area contributed by atoms with Crippen molar-refractivity contribution in [3.63, 3.8) is 0 Å². The van der Waals surface area contributed by atoms with Gasteiger partial charge in [-0.15, -0.1) is 0 Å². The van der Waals surface area contributed by atoms with Gasteiger partial charge in [-0.2, -0.15) is 0 Å². The van der Waals surface area contributed by atoms with Gasteiger partial charge in [-0.05, 0) is 32.7 Å². The van der Waals surface area contributed by atoms with Crippen molar-refractivity contribution < 1.29 is 13.6 Å². The first kappa shape index (κ1) is 16.0. The van der Waals surface area contributed by atoms with Gasteiger partial charge in [-0.3, -0.25) is 0 Å². The highest BCUT2D eigenvalue weighted by atomic mass is 28.4. The number of hydrogen-bond donors (Lipinski definition) is 0. The van der Waals surface area contributed by atoms with E-state index in [-0.39, 0.29) is 0 Å². The Labute approximate surface area is 90.0 Å². The van der Waals surface area contributed by atoms with Crippen molar-refractivity contribution in [2.24, 2.45) is 0 Å². The van der Waals surface area contributed by atoms with Crippen molar-refractivity contribution in [3.8, 4) is 0 Å². The van der Waals surface area contributed by atoms with Gasteiger partial charge < -0.3 is 8.85 Å². The highest BCUT2D eigenvalue weighted by molar-refractivity contribution is 6.76. The molecule has 0 aromatic carbocycles. The summed E-state index contributed by atoms with van der Waals surface area (Å²) < 4.78 is 9.86. The lowest BCUT2D eigenvalue weighted by molar-refractivity contribution is -0.134. The maximum Gasteiger partial charge on any atom is 0.329 e. The Morgan fingerprint density at radius 3 is 1.79 bits per heavy atom. The normalized spacial score (nSPS) is 10.2. The van der Waals surface area contributed by atoms with E-state index in [1.807, 2.05) is 0 Å². The molecule has 0 atom stereocenters. The maximum absolute atomic E-state index is 9.84. The molecule has 0 aromatic heterocycles. The highest BCUT2D eigenvalue weighted by Gasteiger charge is 2.14. The summed E-state index contributed by atoms with van der Waals surface area (Å²) in [5, 5.41) is 0. The first-order valence-corrected chi connectivity index (χ1v) is 10.8. The maximum atomic E-state index is 9.84. The summed E-state index contributed by atoms with van der Waals surface area (Å²) in [5.41, 5.74) is 0. The predicted molar refractivity (Wildman–Crippen MR) is 65.5 cm³/mol. The average Bonchev–Trinajstić information content (AvgIpc) is 1.99. The first-order chi connectivity index (χ1) is 6.22. The summed E-state index contributed by atoms with van der Waals surface area (Å²) in [7, 11) is -0.583. The molecule has 14 heavy (non-hydrogen) atoms. The molecule has 84 valence electrons. The molecule has 0 radical (unpaired) electrons. The molecule has 0 bridgehead atoms. The van der Waals surface area contributed by atoms with Gasteiger partial charge in [0.1, 0.15) is 0 Å². The van der Waals surface area contributed by atoms with E-state index in [9.17, 15) is 4.79 Å². The van der Waals surface area contributed by atoms with Crippen LogP contribution in [0.25, 0.3) is 0 Å². The lowest BCUT2D eigenvalue weighted by Crippen LogP contribution is -2.31. The van der Waals surface area contributed by atoms with Crippen molar-refractivity contribution in [3.05, 3.63) is 12.7 Å². The summed E-state index contributed by atoms with van der Waals surface area (Å²) in [6, 6.07) is 0. The Bertz CT molecular complexity index is 173. The van der Waals surface area contributed by atoms with E-state index < -0.39 is 23.3 Å². The third-order valence-electron chi connectivity index (χ3n) is 0.957. The van der Waals surface area contributed by atoms with E-state index in [0.717, 1.165) is 6.08 Å². The summed E-state index contributed by atoms with van der Waals surface area (Å²) in [6.45, 7) is 14.3. The largest absolute Gasteiger partial charge is 0.466 e.